The van der Waals surface area contributed by atoms with Gasteiger partial charge in [-0.3, -0.25) is 0 Å². The van der Waals surface area contributed by atoms with E-state index in [1.807, 2.05) is 0 Å². The van der Waals surface area contributed by atoms with Crippen LogP contribution < -0.4 is 0 Å². The van der Waals surface area contributed by atoms with Gasteiger partial charge in [0.25, 0.3) is 0 Å². The summed E-state index contributed by atoms with van der Waals surface area (Å²) in [5.41, 5.74) is 0.766. The van der Waals surface area contributed by atoms with Gasteiger partial charge in [-0.05, 0) is 26.7 Å². The Kier molecular flexibility index (Phi) is 14.2. The smallest absolute Gasteiger partial charge is 0.333 e. The van der Waals surface area contributed by atoms with Gasteiger partial charge in [-0.25, -0.2) is 9.59 Å². The van der Waals surface area contributed by atoms with Crippen molar-refractivity contribution in [3.05, 3.63) is 24.3 Å². The van der Waals surface area contributed by atoms with E-state index >= 15 is 0 Å². The lowest BCUT2D eigenvalue weighted by molar-refractivity contribution is -0.141. The Balaban J connectivity index is 0. The molecule has 0 amide bonds. The Morgan fingerprint density at radius 3 is 1.35 bits per heavy atom. The van der Waals surface area contributed by atoms with E-state index in [9.17, 15) is 9.59 Å². The van der Waals surface area contributed by atoms with E-state index in [4.69, 9.17) is 19.7 Å². The van der Waals surface area contributed by atoms with Crippen molar-refractivity contribution in [3.8, 4) is 0 Å². The van der Waals surface area contributed by atoms with Crippen molar-refractivity contribution >= 4 is 11.9 Å². The van der Waals surface area contributed by atoms with E-state index in [1.165, 1.54) is 0 Å². The molecule has 20 heavy (non-hydrogen) atoms. The van der Waals surface area contributed by atoms with Crippen LogP contribution in [0.15, 0.2) is 24.3 Å². The van der Waals surface area contributed by atoms with Gasteiger partial charge < -0.3 is 19.7 Å². The van der Waals surface area contributed by atoms with E-state index < -0.39 is 0 Å². The molecule has 0 aromatic carbocycles. The molecule has 116 valence electrons. The summed E-state index contributed by atoms with van der Waals surface area (Å²) in [5.74, 6) is -0.780. The summed E-state index contributed by atoms with van der Waals surface area (Å²) < 4.78 is 9.72. The van der Waals surface area contributed by atoms with Gasteiger partial charge in [-0.15, -0.1) is 0 Å². The van der Waals surface area contributed by atoms with Gasteiger partial charge in [0.15, 0.2) is 0 Å². The van der Waals surface area contributed by atoms with E-state index in [2.05, 4.69) is 13.2 Å². The molecule has 0 bridgehead atoms. The molecule has 0 aromatic rings. The zero-order valence-corrected chi connectivity index (χ0v) is 12.2. The fourth-order valence-electron chi connectivity index (χ4n) is 0.780. The molecular weight excluding hydrogens is 264 g/mol. The number of ether oxygens (including phenoxy) is 2. The number of unbranched alkanes of at least 4 members (excludes halogenated alkanes) is 1. The number of esters is 2. The average Bonchev–Trinajstić information content (AvgIpc) is 2.41. The monoisotopic (exact) mass is 288 g/mol. The van der Waals surface area contributed by atoms with E-state index in [1.54, 1.807) is 13.8 Å². The first-order chi connectivity index (χ1) is 9.36. The van der Waals surface area contributed by atoms with Gasteiger partial charge in [0.05, 0.1) is 26.4 Å². The SMILES string of the molecule is C=C(C)C(=O)OCCCCOC(=O)C(=C)C.OCCO. The second-order valence-electron chi connectivity index (χ2n) is 3.99. The third-order valence-electron chi connectivity index (χ3n) is 1.80. The van der Waals surface area contributed by atoms with Gasteiger partial charge >= 0.3 is 11.9 Å². The summed E-state index contributed by atoms with van der Waals surface area (Å²) in [4.78, 5) is 21.9. The molecule has 0 aliphatic carbocycles. The zero-order valence-electron chi connectivity index (χ0n) is 12.2. The molecule has 0 aromatic heterocycles. The van der Waals surface area contributed by atoms with Crippen LogP contribution in [0.5, 0.6) is 0 Å². The summed E-state index contributed by atoms with van der Waals surface area (Å²) in [6.07, 6.45) is 1.31. The Morgan fingerprint density at radius 1 is 0.850 bits per heavy atom. The molecule has 0 saturated heterocycles. The summed E-state index contributed by atoms with van der Waals surface area (Å²) in [7, 11) is 0. The Morgan fingerprint density at radius 2 is 1.15 bits per heavy atom. The molecule has 0 saturated carbocycles. The Labute approximate surface area is 119 Å². The van der Waals surface area contributed by atoms with Crippen LogP contribution in [0.3, 0.4) is 0 Å². The van der Waals surface area contributed by atoms with Crippen LogP contribution in [0.2, 0.25) is 0 Å². The number of aliphatic hydroxyl groups is 2. The Hall–Kier alpha value is -1.66. The van der Waals surface area contributed by atoms with Gasteiger partial charge in [-0.2, -0.15) is 0 Å². The molecule has 0 radical (unpaired) electrons. The number of hydrogen-bond donors (Lipinski definition) is 2. The fourth-order valence-corrected chi connectivity index (χ4v) is 0.780. The topological polar surface area (TPSA) is 93.1 Å². The highest BCUT2D eigenvalue weighted by molar-refractivity contribution is 5.87. The van der Waals surface area contributed by atoms with Gasteiger partial charge in [0.1, 0.15) is 0 Å². The van der Waals surface area contributed by atoms with Crippen molar-refractivity contribution in [2.24, 2.45) is 0 Å². The Bertz CT molecular complexity index is 290. The molecule has 0 spiro atoms. The highest BCUT2D eigenvalue weighted by Gasteiger charge is 2.03. The lowest BCUT2D eigenvalue weighted by Crippen LogP contribution is -2.09. The lowest BCUT2D eigenvalue weighted by Gasteiger charge is -2.05. The summed E-state index contributed by atoms with van der Waals surface area (Å²) in [6.45, 7) is 10.5. The highest BCUT2D eigenvalue weighted by Crippen LogP contribution is 1.98. The first-order valence-corrected chi connectivity index (χ1v) is 6.23. The second-order valence-corrected chi connectivity index (χ2v) is 3.99. The quantitative estimate of drug-likeness (QED) is 0.393. The molecule has 0 atom stereocenters. The normalized spacial score (nSPS) is 9.00. The molecule has 0 aliphatic heterocycles. The van der Waals surface area contributed by atoms with E-state index in [0.29, 0.717) is 37.2 Å². The molecule has 2 N–H and O–H groups in total. The van der Waals surface area contributed by atoms with Crippen molar-refractivity contribution in [2.45, 2.75) is 26.7 Å². The maximum absolute atomic E-state index is 11.0. The minimum atomic E-state index is -0.390. The molecule has 0 fully saturated rings. The van der Waals surface area contributed by atoms with Crippen LogP contribution in [0.4, 0.5) is 0 Å². The molecule has 0 heterocycles. The van der Waals surface area contributed by atoms with Crippen molar-refractivity contribution in [2.75, 3.05) is 26.4 Å². The highest BCUT2D eigenvalue weighted by atomic mass is 16.5. The maximum atomic E-state index is 11.0. The molecule has 0 rings (SSSR count). The van der Waals surface area contributed by atoms with Crippen molar-refractivity contribution in [1.29, 1.82) is 0 Å². The van der Waals surface area contributed by atoms with Gasteiger partial charge in [-0.1, -0.05) is 13.2 Å². The van der Waals surface area contributed by atoms with Crippen LogP contribution in [-0.2, 0) is 19.1 Å². The van der Waals surface area contributed by atoms with Crippen LogP contribution in [0, 0.1) is 0 Å². The first-order valence-electron chi connectivity index (χ1n) is 6.23. The minimum absolute atomic E-state index is 0.125. The van der Waals surface area contributed by atoms with Gasteiger partial charge in [0, 0.05) is 11.1 Å². The third kappa shape index (κ3) is 14.4. The zero-order chi connectivity index (χ0) is 16.0. The number of carbonyl (C=O) groups is 2. The largest absolute Gasteiger partial charge is 0.462 e. The maximum Gasteiger partial charge on any atom is 0.333 e. The molecule has 6 nitrogen and oxygen atoms in total. The number of hydrogen-bond acceptors (Lipinski definition) is 6. The van der Waals surface area contributed by atoms with Crippen molar-refractivity contribution in [1.82, 2.24) is 0 Å². The predicted octanol–water partition coefficient (Wildman–Crippen LogP) is 0.976. The fraction of sp³-hybridized carbons (Fsp3) is 0.571. The predicted molar refractivity (Wildman–Crippen MR) is 75.0 cm³/mol. The van der Waals surface area contributed by atoms with Crippen LogP contribution in [-0.4, -0.2) is 48.6 Å². The van der Waals surface area contributed by atoms with Crippen LogP contribution >= 0.6 is 0 Å². The number of aliphatic hydroxyl groups excluding tert-OH is 2. The van der Waals surface area contributed by atoms with Crippen molar-refractivity contribution in [3.63, 3.8) is 0 Å². The lowest BCUT2D eigenvalue weighted by atomic mass is 10.3. The molecular formula is C14H24O6. The van der Waals surface area contributed by atoms with Crippen LogP contribution in [0.25, 0.3) is 0 Å². The number of carbonyl (C=O) groups excluding carboxylic acids is 2. The van der Waals surface area contributed by atoms with Crippen molar-refractivity contribution < 1.29 is 29.3 Å². The standard InChI is InChI=1S/C12H18O4.C2H6O2/c1-9(2)11(13)15-7-5-6-8-16-12(14)10(3)4;3-1-2-4/h1,3,5-8H2,2,4H3;3-4H,1-2H2. The van der Waals surface area contributed by atoms with Gasteiger partial charge in [0.2, 0.25) is 0 Å². The average molecular weight is 288 g/mol. The third-order valence-corrected chi connectivity index (χ3v) is 1.80. The van der Waals surface area contributed by atoms with Crippen LogP contribution in [0.1, 0.15) is 26.7 Å². The summed E-state index contributed by atoms with van der Waals surface area (Å²) in [6, 6.07) is 0. The molecule has 6 heteroatoms. The van der Waals surface area contributed by atoms with E-state index in [-0.39, 0.29) is 25.2 Å². The summed E-state index contributed by atoms with van der Waals surface area (Å²) in [5, 5.41) is 15.2. The second kappa shape index (κ2) is 13.8. The minimum Gasteiger partial charge on any atom is -0.462 e. The van der Waals surface area contributed by atoms with E-state index in [0.717, 1.165) is 0 Å². The molecule has 0 aliphatic rings. The summed E-state index contributed by atoms with van der Waals surface area (Å²) >= 11 is 0. The molecule has 0 unspecified atom stereocenters. The first kappa shape index (κ1) is 20.7. The number of rotatable bonds is 8.